The number of hydrogen-bond acceptors (Lipinski definition) is 5. The lowest BCUT2D eigenvalue weighted by Crippen LogP contribution is -2.16. The van der Waals surface area contributed by atoms with E-state index in [1.54, 1.807) is 12.1 Å². The summed E-state index contributed by atoms with van der Waals surface area (Å²) >= 11 is 0. The topological polar surface area (TPSA) is 88.1 Å². The van der Waals surface area contributed by atoms with E-state index in [1.165, 1.54) is 12.1 Å². The zero-order chi connectivity index (χ0) is 19.7. The molecular weight excluding hydrogens is 330 g/mol. The van der Waals surface area contributed by atoms with Crippen molar-refractivity contribution in [3.8, 4) is 5.75 Å². The van der Waals surface area contributed by atoms with Gasteiger partial charge in [-0.3, -0.25) is 10.1 Å². The van der Waals surface area contributed by atoms with Gasteiger partial charge in [-0.1, -0.05) is 53.7 Å². The van der Waals surface area contributed by atoms with Crippen LogP contribution in [-0.4, -0.2) is 10.0 Å². The van der Waals surface area contributed by atoms with Gasteiger partial charge in [-0.15, -0.1) is 5.11 Å². The number of phenolic OH excluding ortho intramolecular Hbond substituents is 1. The van der Waals surface area contributed by atoms with Crippen molar-refractivity contribution < 1.29 is 10.0 Å². The smallest absolute Gasteiger partial charge is 0.271 e. The summed E-state index contributed by atoms with van der Waals surface area (Å²) in [6, 6.07) is 9.74. The van der Waals surface area contributed by atoms with Crippen molar-refractivity contribution in [2.75, 3.05) is 0 Å². The Hall–Kier alpha value is -2.76. The lowest BCUT2D eigenvalue weighted by atomic mass is 9.80. The van der Waals surface area contributed by atoms with Gasteiger partial charge in [-0.25, -0.2) is 0 Å². The fourth-order valence-corrected chi connectivity index (χ4v) is 2.48. The van der Waals surface area contributed by atoms with Gasteiger partial charge in [-0.05, 0) is 28.5 Å². The quantitative estimate of drug-likeness (QED) is 0.397. The molecule has 138 valence electrons. The Kier molecular flexibility index (Phi) is 5.16. The summed E-state index contributed by atoms with van der Waals surface area (Å²) in [7, 11) is 0. The highest BCUT2D eigenvalue weighted by Crippen LogP contribution is 2.42. The standard InChI is InChI=1S/C20H25N3O3/c1-19(2,3)13-10-16(20(4,5)6)18(24)17(11-13)22-21-14-8-7-9-15(12-14)23(25)26/h7-12,24H,1-6H3. The average molecular weight is 355 g/mol. The monoisotopic (exact) mass is 355 g/mol. The molecule has 0 saturated heterocycles. The molecule has 0 saturated carbocycles. The molecule has 0 bridgehead atoms. The van der Waals surface area contributed by atoms with E-state index in [1.807, 2.05) is 32.9 Å². The van der Waals surface area contributed by atoms with Crippen molar-refractivity contribution in [1.29, 1.82) is 0 Å². The van der Waals surface area contributed by atoms with Gasteiger partial charge in [0.1, 0.15) is 11.4 Å². The SMILES string of the molecule is CC(C)(C)c1cc(N=Nc2cccc([N+](=O)[O-])c2)c(O)c(C(C)(C)C)c1. The van der Waals surface area contributed by atoms with E-state index in [0.717, 1.165) is 11.1 Å². The summed E-state index contributed by atoms with van der Waals surface area (Å²) < 4.78 is 0. The Bertz CT molecular complexity index is 860. The van der Waals surface area contributed by atoms with Gasteiger partial charge in [-0.2, -0.15) is 5.11 Å². The third-order valence-electron chi connectivity index (χ3n) is 4.08. The molecule has 0 aliphatic rings. The molecule has 2 rings (SSSR count). The fourth-order valence-electron chi connectivity index (χ4n) is 2.48. The maximum absolute atomic E-state index is 10.9. The van der Waals surface area contributed by atoms with Crippen molar-refractivity contribution in [3.63, 3.8) is 0 Å². The molecule has 0 spiro atoms. The van der Waals surface area contributed by atoms with E-state index in [0.29, 0.717) is 11.4 Å². The first-order valence-corrected chi connectivity index (χ1v) is 8.44. The molecule has 0 fully saturated rings. The summed E-state index contributed by atoms with van der Waals surface area (Å²) in [4.78, 5) is 10.4. The minimum absolute atomic E-state index is 0.0514. The van der Waals surface area contributed by atoms with Crippen molar-refractivity contribution in [2.24, 2.45) is 10.2 Å². The molecule has 6 nitrogen and oxygen atoms in total. The summed E-state index contributed by atoms with van der Waals surface area (Å²) in [5.41, 5.74) is 2.10. The maximum Gasteiger partial charge on any atom is 0.271 e. The number of aromatic hydroxyl groups is 1. The van der Waals surface area contributed by atoms with Gasteiger partial charge in [0.2, 0.25) is 0 Å². The normalized spacial score (nSPS) is 12.5. The van der Waals surface area contributed by atoms with Gasteiger partial charge < -0.3 is 5.11 Å². The van der Waals surface area contributed by atoms with Crippen molar-refractivity contribution in [3.05, 3.63) is 57.6 Å². The molecule has 0 amide bonds. The number of phenols is 1. The van der Waals surface area contributed by atoms with Crippen LogP contribution in [0.5, 0.6) is 5.75 Å². The van der Waals surface area contributed by atoms with Gasteiger partial charge >= 0.3 is 0 Å². The highest BCUT2D eigenvalue weighted by Gasteiger charge is 2.25. The van der Waals surface area contributed by atoms with E-state index in [-0.39, 0.29) is 22.3 Å². The molecule has 2 aromatic carbocycles. The van der Waals surface area contributed by atoms with Crippen LogP contribution in [0, 0.1) is 10.1 Å². The van der Waals surface area contributed by atoms with Gasteiger partial charge in [0.05, 0.1) is 10.6 Å². The van der Waals surface area contributed by atoms with Crippen LogP contribution < -0.4 is 0 Å². The second-order valence-electron chi connectivity index (χ2n) is 8.37. The number of non-ortho nitro benzene ring substituents is 1. The number of nitro groups is 1. The van der Waals surface area contributed by atoms with Crippen LogP contribution in [0.1, 0.15) is 52.7 Å². The molecule has 0 aliphatic carbocycles. The van der Waals surface area contributed by atoms with E-state index >= 15 is 0 Å². The number of hydrogen-bond donors (Lipinski definition) is 1. The Morgan fingerprint density at radius 1 is 0.962 bits per heavy atom. The van der Waals surface area contributed by atoms with Crippen LogP contribution in [0.4, 0.5) is 17.1 Å². The molecule has 1 N–H and O–H groups in total. The van der Waals surface area contributed by atoms with Crippen LogP contribution in [-0.2, 0) is 10.8 Å². The minimum Gasteiger partial charge on any atom is -0.505 e. The van der Waals surface area contributed by atoms with Crippen LogP contribution in [0.25, 0.3) is 0 Å². The molecule has 0 aliphatic heterocycles. The largest absolute Gasteiger partial charge is 0.505 e. The first-order valence-electron chi connectivity index (χ1n) is 8.44. The van der Waals surface area contributed by atoms with Crippen LogP contribution in [0.15, 0.2) is 46.6 Å². The summed E-state index contributed by atoms with van der Waals surface area (Å²) in [6.45, 7) is 12.3. The number of nitro benzene ring substituents is 1. The number of rotatable bonds is 3. The molecule has 2 aromatic rings. The van der Waals surface area contributed by atoms with Gasteiger partial charge in [0, 0.05) is 17.7 Å². The average Bonchev–Trinajstić information content (AvgIpc) is 2.51. The number of nitrogens with zero attached hydrogens (tertiary/aromatic N) is 3. The molecule has 0 heterocycles. The number of azo groups is 1. The van der Waals surface area contributed by atoms with E-state index in [2.05, 4.69) is 31.0 Å². The zero-order valence-electron chi connectivity index (χ0n) is 16.1. The Balaban J connectivity index is 2.55. The first kappa shape index (κ1) is 19.6. The summed E-state index contributed by atoms with van der Waals surface area (Å²) in [5, 5.41) is 29.8. The molecular formula is C20H25N3O3. The highest BCUT2D eigenvalue weighted by atomic mass is 16.6. The van der Waals surface area contributed by atoms with Crippen molar-refractivity contribution in [2.45, 2.75) is 52.4 Å². The second kappa shape index (κ2) is 6.86. The summed E-state index contributed by atoms with van der Waals surface area (Å²) in [6.07, 6.45) is 0. The summed E-state index contributed by atoms with van der Waals surface area (Å²) in [5.74, 6) is 0.0830. The van der Waals surface area contributed by atoms with Crippen LogP contribution >= 0.6 is 0 Å². The Labute approximate surface area is 153 Å². The van der Waals surface area contributed by atoms with Gasteiger partial charge in [0.25, 0.3) is 5.69 Å². The predicted octanol–water partition coefficient (Wildman–Crippen LogP) is 6.31. The Morgan fingerprint density at radius 3 is 2.15 bits per heavy atom. The van der Waals surface area contributed by atoms with Crippen LogP contribution in [0.3, 0.4) is 0 Å². The maximum atomic E-state index is 10.9. The molecule has 26 heavy (non-hydrogen) atoms. The van der Waals surface area contributed by atoms with Crippen molar-refractivity contribution >= 4 is 17.1 Å². The molecule has 6 heteroatoms. The third-order valence-corrected chi connectivity index (χ3v) is 4.08. The predicted molar refractivity (Wildman–Crippen MR) is 103 cm³/mol. The first-order chi connectivity index (χ1) is 11.9. The molecule has 0 unspecified atom stereocenters. The van der Waals surface area contributed by atoms with E-state index < -0.39 is 4.92 Å². The molecule has 0 radical (unpaired) electrons. The van der Waals surface area contributed by atoms with E-state index in [9.17, 15) is 15.2 Å². The molecule has 0 atom stereocenters. The highest BCUT2D eigenvalue weighted by molar-refractivity contribution is 5.60. The van der Waals surface area contributed by atoms with Crippen molar-refractivity contribution in [1.82, 2.24) is 0 Å². The number of benzene rings is 2. The fraction of sp³-hybridized carbons (Fsp3) is 0.400. The lowest BCUT2D eigenvalue weighted by Gasteiger charge is -2.26. The molecule has 0 aromatic heterocycles. The van der Waals surface area contributed by atoms with E-state index in [4.69, 9.17) is 0 Å². The second-order valence-corrected chi connectivity index (χ2v) is 8.37. The minimum atomic E-state index is -0.478. The van der Waals surface area contributed by atoms with Gasteiger partial charge in [0.15, 0.2) is 0 Å². The third kappa shape index (κ3) is 4.45. The lowest BCUT2D eigenvalue weighted by molar-refractivity contribution is -0.384. The zero-order valence-corrected chi connectivity index (χ0v) is 16.1. The van der Waals surface area contributed by atoms with Crippen LogP contribution in [0.2, 0.25) is 0 Å². The Morgan fingerprint density at radius 2 is 1.62 bits per heavy atom.